The molecule has 2 N–H and O–H groups in total. The van der Waals surface area contributed by atoms with Crippen LogP contribution in [0.4, 0.5) is 0 Å². The quantitative estimate of drug-likeness (QED) is 0.453. The number of H-pyrrole nitrogens is 1. The molecule has 3 aromatic carbocycles. The fourth-order valence-corrected chi connectivity index (χ4v) is 6.42. The molecule has 1 saturated heterocycles. The summed E-state index contributed by atoms with van der Waals surface area (Å²) in [6.07, 6.45) is 3.39. The van der Waals surface area contributed by atoms with E-state index in [1.165, 1.54) is 27.8 Å². The zero-order valence-corrected chi connectivity index (χ0v) is 19.8. The molecule has 2 unspecified atom stereocenters. The number of benzene rings is 3. The summed E-state index contributed by atoms with van der Waals surface area (Å²) in [5, 5.41) is 13.8. The molecule has 1 aliphatic heterocycles. The first-order valence-corrected chi connectivity index (χ1v) is 12.3. The Morgan fingerprint density at radius 3 is 2.65 bits per heavy atom. The molecule has 4 heteroatoms. The molecule has 174 valence electrons. The number of ether oxygens (including phenoxy) is 1. The van der Waals surface area contributed by atoms with Crippen LogP contribution in [0.3, 0.4) is 0 Å². The smallest absolute Gasteiger partial charge is 0.119 e. The monoisotopic (exact) mass is 452 g/mol. The predicted molar refractivity (Wildman–Crippen MR) is 137 cm³/mol. The molecule has 0 amide bonds. The van der Waals surface area contributed by atoms with Crippen molar-refractivity contribution in [2.45, 2.75) is 36.7 Å². The van der Waals surface area contributed by atoms with Crippen LogP contribution in [-0.4, -0.2) is 47.3 Å². The van der Waals surface area contributed by atoms with Gasteiger partial charge in [-0.15, -0.1) is 0 Å². The molecule has 1 fully saturated rings. The highest BCUT2D eigenvalue weighted by Crippen LogP contribution is 2.51. The Morgan fingerprint density at radius 1 is 0.971 bits per heavy atom. The van der Waals surface area contributed by atoms with E-state index in [0.29, 0.717) is 13.0 Å². The number of hydrogen-bond donors (Lipinski definition) is 2. The van der Waals surface area contributed by atoms with Crippen LogP contribution in [0.5, 0.6) is 5.75 Å². The number of aromatic amines is 1. The van der Waals surface area contributed by atoms with Crippen molar-refractivity contribution in [2.75, 3.05) is 26.7 Å². The normalized spacial score (nSPS) is 24.5. The van der Waals surface area contributed by atoms with E-state index in [1.807, 2.05) is 6.07 Å². The van der Waals surface area contributed by atoms with Gasteiger partial charge < -0.3 is 19.7 Å². The largest absolute Gasteiger partial charge is 0.497 e. The third-order valence-corrected chi connectivity index (χ3v) is 8.26. The Morgan fingerprint density at radius 2 is 1.79 bits per heavy atom. The van der Waals surface area contributed by atoms with Crippen LogP contribution in [0.25, 0.3) is 10.9 Å². The molecule has 1 aliphatic carbocycles. The Kier molecular flexibility index (Phi) is 5.23. The summed E-state index contributed by atoms with van der Waals surface area (Å²) in [4.78, 5) is 6.15. The highest BCUT2D eigenvalue weighted by atomic mass is 16.5. The fourth-order valence-electron chi connectivity index (χ4n) is 6.42. The third-order valence-electron chi connectivity index (χ3n) is 8.26. The van der Waals surface area contributed by atoms with Gasteiger partial charge in [0.1, 0.15) is 5.75 Å². The van der Waals surface area contributed by atoms with E-state index in [2.05, 4.69) is 82.7 Å². The van der Waals surface area contributed by atoms with Crippen molar-refractivity contribution in [1.82, 2.24) is 9.88 Å². The summed E-state index contributed by atoms with van der Waals surface area (Å²) in [5.74, 6) is 0.850. The molecule has 2 heterocycles. The number of fused-ring (bicyclic) bond motifs is 4. The number of nitrogens with one attached hydrogen (secondary N) is 1. The summed E-state index contributed by atoms with van der Waals surface area (Å²) in [5.41, 5.74) is 5.04. The molecule has 0 saturated carbocycles. The third kappa shape index (κ3) is 3.44. The van der Waals surface area contributed by atoms with Crippen molar-refractivity contribution >= 4 is 10.9 Å². The van der Waals surface area contributed by atoms with Crippen molar-refractivity contribution in [3.05, 3.63) is 101 Å². The van der Waals surface area contributed by atoms with Crippen molar-refractivity contribution in [3.63, 3.8) is 0 Å². The lowest BCUT2D eigenvalue weighted by Crippen LogP contribution is -2.66. The minimum absolute atomic E-state index is 0.349. The summed E-state index contributed by atoms with van der Waals surface area (Å²) in [7, 11) is 1.71. The average molecular weight is 453 g/mol. The van der Waals surface area contributed by atoms with Crippen molar-refractivity contribution in [1.29, 1.82) is 0 Å². The van der Waals surface area contributed by atoms with Crippen molar-refractivity contribution in [2.24, 2.45) is 0 Å². The van der Waals surface area contributed by atoms with Gasteiger partial charge >= 0.3 is 0 Å². The number of likely N-dealkylation sites (tertiary alicyclic amines) is 1. The van der Waals surface area contributed by atoms with E-state index in [1.54, 1.807) is 7.11 Å². The second kappa shape index (κ2) is 8.30. The minimum Gasteiger partial charge on any atom is -0.497 e. The summed E-state index contributed by atoms with van der Waals surface area (Å²) >= 11 is 0. The number of piperidine rings is 1. The minimum atomic E-state index is -0.855. The molecule has 2 aliphatic rings. The molecule has 0 radical (unpaired) electrons. The van der Waals surface area contributed by atoms with Gasteiger partial charge in [0.2, 0.25) is 0 Å². The lowest BCUT2D eigenvalue weighted by molar-refractivity contribution is -0.102. The number of β-amino-alcohol motifs (C(OH)–C–C–N with tert-alkyl or cyclic N) is 1. The first kappa shape index (κ1) is 21.5. The maximum absolute atomic E-state index is 12.6. The molecular formula is C30H32N2O2. The molecule has 1 aromatic heterocycles. The van der Waals surface area contributed by atoms with Crippen LogP contribution in [0.2, 0.25) is 0 Å². The maximum Gasteiger partial charge on any atom is 0.119 e. The van der Waals surface area contributed by atoms with Crippen molar-refractivity contribution in [3.8, 4) is 5.75 Å². The van der Waals surface area contributed by atoms with Crippen LogP contribution in [0.1, 0.15) is 28.8 Å². The van der Waals surface area contributed by atoms with Crippen molar-refractivity contribution < 1.29 is 9.84 Å². The fraction of sp³-hybridized carbons (Fsp3) is 0.333. The first-order valence-electron chi connectivity index (χ1n) is 12.3. The van der Waals surface area contributed by atoms with E-state index in [9.17, 15) is 5.11 Å². The maximum atomic E-state index is 12.6. The van der Waals surface area contributed by atoms with E-state index in [4.69, 9.17) is 4.74 Å². The van der Waals surface area contributed by atoms with Gasteiger partial charge in [-0.1, -0.05) is 60.7 Å². The summed E-state index contributed by atoms with van der Waals surface area (Å²) in [6, 6.07) is 27.5. The Labute approximate surface area is 201 Å². The lowest BCUT2D eigenvalue weighted by Gasteiger charge is -2.56. The number of aliphatic hydroxyl groups is 1. The number of methoxy groups -OCH3 is 1. The number of aromatic nitrogens is 1. The molecule has 0 bridgehead atoms. The van der Waals surface area contributed by atoms with Gasteiger partial charge in [0, 0.05) is 47.9 Å². The van der Waals surface area contributed by atoms with Gasteiger partial charge in [-0.05, 0) is 54.3 Å². The lowest BCUT2D eigenvalue weighted by atomic mass is 9.56. The van der Waals surface area contributed by atoms with Crippen LogP contribution in [-0.2, 0) is 24.7 Å². The van der Waals surface area contributed by atoms with Gasteiger partial charge in [0.05, 0.1) is 12.7 Å². The molecule has 4 nitrogen and oxygen atoms in total. The Hall–Kier alpha value is -3.08. The highest BCUT2D eigenvalue weighted by Gasteiger charge is 2.57. The highest BCUT2D eigenvalue weighted by molar-refractivity contribution is 5.85. The molecule has 4 aromatic rings. The zero-order valence-electron chi connectivity index (χ0n) is 19.8. The van der Waals surface area contributed by atoms with E-state index < -0.39 is 5.60 Å². The van der Waals surface area contributed by atoms with E-state index >= 15 is 0 Å². The van der Waals surface area contributed by atoms with Crippen LogP contribution < -0.4 is 4.74 Å². The standard InChI is InChI=1S/C30H32N2O2/c1-34-24-11-7-10-23(18-24)29-15-17-32(16-14-22-8-3-2-4-9-22)21-30(29,33)19-26-25-12-5-6-13-27(25)31-28(26)20-29/h2-13,18,31,33H,14-17,19-21H2,1H3. The van der Waals surface area contributed by atoms with Gasteiger partial charge in [0.25, 0.3) is 0 Å². The van der Waals surface area contributed by atoms with E-state index in [0.717, 1.165) is 43.6 Å². The van der Waals surface area contributed by atoms with Crippen LogP contribution >= 0.6 is 0 Å². The number of nitrogens with zero attached hydrogens (tertiary/aromatic N) is 1. The van der Waals surface area contributed by atoms with Gasteiger partial charge in [-0.3, -0.25) is 0 Å². The number of rotatable bonds is 5. The first-order chi connectivity index (χ1) is 16.6. The van der Waals surface area contributed by atoms with Gasteiger partial charge in [-0.25, -0.2) is 0 Å². The second-order valence-electron chi connectivity index (χ2n) is 10.1. The molecule has 0 spiro atoms. The molecule has 2 atom stereocenters. The molecular weight excluding hydrogens is 420 g/mol. The Balaban J connectivity index is 1.39. The van der Waals surface area contributed by atoms with Crippen LogP contribution in [0, 0.1) is 0 Å². The SMILES string of the molecule is COc1cccc(C23CCN(CCc4ccccc4)CC2(O)Cc2c([nH]c4ccccc24)C3)c1. The van der Waals surface area contributed by atoms with Gasteiger partial charge in [0.15, 0.2) is 0 Å². The second-order valence-corrected chi connectivity index (χ2v) is 10.1. The predicted octanol–water partition coefficient (Wildman–Crippen LogP) is 4.89. The van der Waals surface area contributed by atoms with Gasteiger partial charge in [-0.2, -0.15) is 0 Å². The number of hydrogen-bond acceptors (Lipinski definition) is 3. The Bertz CT molecular complexity index is 1310. The summed E-state index contributed by atoms with van der Waals surface area (Å²) in [6.45, 7) is 2.61. The zero-order chi connectivity index (χ0) is 23.2. The van der Waals surface area contributed by atoms with Crippen LogP contribution in [0.15, 0.2) is 78.9 Å². The molecule has 6 rings (SSSR count). The molecule has 34 heavy (non-hydrogen) atoms. The number of para-hydroxylation sites is 1. The topological polar surface area (TPSA) is 48.5 Å². The van der Waals surface area contributed by atoms with E-state index in [-0.39, 0.29) is 5.41 Å². The average Bonchev–Trinajstić information content (AvgIpc) is 3.22. The summed E-state index contributed by atoms with van der Waals surface area (Å²) < 4.78 is 5.58.